The lowest BCUT2D eigenvalue weighted by atomic mass is 10.0. The van der Waals surface area contributed by atoms with Crippen molar-refractivity contribution in [2.75, 3.05) is 11.9 Å². The fourth-order valence-corrected chi connectivity index (χ4v) is 4.12. The van der Waals surface area contributed by atoms with E-state index in [1.165, 1.54) is 12.1 Å². The van der Waals surface area contributed by atoms with Gasteiger partial charge < -0.3 is 16.0 Å². The van der Waals surface area contributed by atoms with Gasteiger partial charge in [-0.3, -0.25) is 9.48 Å². The van der Waals surface area contributed by atoms with E-state index in [0.29, 0.717) is 35.7 Å². The van der Waals surface area contributed by atoms with Gasteiger partial charge in [0.1, 0.15) is 11.5 Å². The van der Waals surface area contributed by atoms with Crippen molar-refractivity contribution in [2.24, 2.45) is 5.73 Å². The molecule has 8 heteroatoms. The van der Waals surface area contributed by atoms with Crippen LogP contribution in [0.4, 0.5) is 14.9 Å². The summed E-state index contributed by atoms with van der Waals surface area (Å²) in [6, 6.07) is 19.1. The van der Waals surface area contributed by atoms with E-state index in [9.17, 15) is 14.0 Å². The Morgan fingerprint density at radius 2 is 1.78 bits per heavy atom. The molecule has 0 saturated carbocycles. The van der Waals surface area contributed by atoms with Gasteiger partial charge in [-0.25, -0.2) is 9.18 Å². The highest BCUT2D eigenvalue weighted by Gasteiger charge is 2.29. The van der Waals surface area contributed by atoms with Crippen molar-refractivity contribution < 1.29 is 14.0 Å². The summed E-state index contributed by atoms with van der Waals surface area (Å²) >= 11 is 0. The number of nitrogens with zero attached hydrogens (tertiary/aromatic N) is 3. The van der Waals surface area contributed by atoms with Gasteiger partial charge in [0.25, 0.3) is 5.91 Å². The molecule has 0 bridgehead atoms. The minimum atomic E-state index is -0.665. The van der Waals surface area contributed by atoms with Crippen LogP contribution in [0.2, 0.25) is 0 Å². The summed E-state index contributed by atoms with van der Waals surface area (Å²) in [5.41, 5.74) is 7.90. The quantitative estimate of drug-likeness (QED) is 0.516. The first-order chi connectivity index (χ1) is 15.5. The standard InChI is InChI=1S/C24H20FN5O2/c25-17-8-3-7-16(13-17)22-21(23(26)31)20-14-29(11-12-30(20)28-22)24(32)27-19-10-4-6-15-5-1-2-9-18(15)19/h1-10,13H,11-12,14H2,(H2,26,31)(H,27,32). The number of carbonyl (C=O) groups is 2. The molecule has 1 aliphatic heterocycles. The number of halogens is 1. The number of urea groups is 1. The number of nitrogens with one attached hydrogen (secondary N) is 1. The second-order valence-corrected chi connectivity index (χ2v) is 7.65. The topological polar surface area (TPSA) is 93.2 Å². The molecule has 0 saturated heterocycles. The number of rotatable bonds is 3. The van der Waals surface area contributed by atoms with Gasteiger partial charge in [0.05, 0.1) is 30.0 Å². The predicted octanol–water partition coefficient (Wildman–Crippen LogP) is 3.99. The fraction of sp³-hybridized carbons (Fsp3) is 0.125. The Bertz CT molecular complexity index is 1360. The van der Waals surface area contributed by atoms with Gasteiger partial charge in [0.2, 0.25) is 0 Å². The number of hydrogen-bond donors (Lipinski definition) is 2. The van der Waals surface area contributed by atoms with E-state index in [1.807, 2.05) is 42.5 Å². The average molecular weight is 429 g/mol. The number of aromatic nitrogens is 2. The lowest BCUT2D eigenvalue weighted by molar-refractivity contribution is 0.0997. The van der Waals surface area contributed by atoms with Crippen LogP contribution in [0.1, 0.15) is 16.1 Å². The second-order valence-electron chi connectivity index (χ2n) is 7.65. The van der Waals surface area contributed by atoms with E-state index in [1.54, 1.807) is 21.7 Å². The largest absolute Gasteiger partial charge is 0.365 e. The first-order valence-electron chi connectivity index (χ1n) is 10.2. The van der Waals surface area contributed by atoms with E-state index >= 15 is 0 Å². The van der Waals surface area contributed by atoms with E-state index in [-0.39, 0.29) is 18.1 Å². The maximum absolute atomic E-state index is 13.7. The van der Waals surface area contributed by atoms with Crippen LogP contribution in [0.25, 0.3) is 22.0 Å². The van der Waals surface area contributed by atoms with Crippen molar-refractivity contribution in [3.8, 4) is 11.3 Å². The van der Waals surface area contributed by atoms with Crippen LogP contribution in [0.3, 0.4) is 0 Å². The molecule has 0 unspecified atom stereocenters. The number of carbonyl (C=O) groups excluding carboxylic acids is 2. The number of hydrogen-bond acceptors (Lipinski definition) is 3. The molecule has 0 spiro atoms. The van der Waals surface area contributed by atoms with Gasteiger partial charge in [-0.2, -0.15) is 5.10 Å². The van der Waals surface area contributed by atoms with Crippen LogP contribution in [0.15, 0.2) is 66.7 Å². The zero-order valence-electron chi connectivity index (χ0n) is 17.1. The molecular weight excluding hydrogens is 409 g/mol. The molecule has 3 amide bonds. The number of amides is 3. The van der Waals surface area contributed by atoms with Crippen LogP contribution >= 0.6 is 0 Å². The molecule has 32 heavy (non-hydrogen) atoms. The molecule has 5 rings (SSSR count). The van der Waals surface area contributed by atoms with Gasteiger partial charge >= 0.3 is 6.03 Å². The summed E-state index contributed by atoms with van der Waals surface area (Å²) in [5, 5.41) is 9.43. The average Bonchev–Trinajstić information content (AvgIpc) is 3.18. The van der Waals surface area contributed by atoms with Crippen molar-refractivity contribution in [2.45, 2.75) is 13.1 Å². The molecule has 1 aromatic heterocycles. The lowest BCUT2D eigenvalue weighted by Gasteiger charge is -2.28. The molecule has 3 aromatic carbocycles. The summed E-state index contributed by atoms with van der Waals surface area (Å²) in [5.74, 6) is -1.10. The molecule has 4 aromatic rings. The van der Waals surface area contributed by atoms with Crippen molar-refractivity contribution in [1.29, 1.82) is 0 Å². The molecule has 1 aliphatic rings. The van der Waals surface area contributed by atoms with Gasteiger partial charge in [0.15, 0.2) is 0 Å². The van der Waals surface area contributed by atoms with Crippen molar-refractivity contribution in [1.82, 2.24) is 14.7 Å². The van der Waals surface area contributed by atoms with Crippen molar-refractivity contribution in [3.63, 3.8) is 0 Å². The third-order valence-corrected chi connectivity index (χ3v) is 5.64. The highest BCUT2D eigenvalue weighted by atomic mass is 19.1. The monoisotopic (exact) mass is 429 g/mol. The van der Waals surface area contributed by atoms with E-state index < -0.39 is 11.7 Å². The molecular formula is C24H20FN5O2. The number of nitrogens with two attached hydrogens (primary N) is 1. The van der Waals surface area contributed by atoms with Crippen molar-refractivity contribution >= 4 is 28.4 Å². The Hall–Kier alpha value is -4.20. The number of benzene rings is 3. The lowest BCUT2D eigenvalue weighted by Crippen LogP contribution is -2.41. The van der Waals surface area contributed by atoms with Crippen LogP contribution in [-0.4, -0.2) is 33.2 Å². The minimum Gasteiger partial charge on any atom is -0.365 e. The van der Waals surface area contributed by atoms with Gasteiger partial charge in [-0.05, 0) is 23.6 Å². The number of fused-ring (bicyclic) bond motifs is 2. The molecule has 0 fully saturated rings. The molecule has 2 heterocycles. The number of anilines is 1. The van der Waals surface area contributed by atoms with Crippen LogP contribution in [-0.2, 0) is 13.1 Å². The molecule has 0 atom stereocenters. The zero-order chi connectivity index (χ0) is 22.2. The van der Waals surface area contributed by atoms with E-state index in [4.69, 9.17) is 5.73 Å². The highest BCUT2D eigenvalue weighted by molar-refractivity contribution is 6.02. The predicted molar refractivity (Wildman–Crippen MR) is 120 cm³/mol. The van der Waals surface area contributed by atoms with Crippen LogP contribution < -0.4 is 11.1 Å². The Kier molecular flexibility index (Phi) is 4.82. The summed E-state index contributed by atoms with van der Waals surface area (Å²) in [6.45, 7) is 0.969. The third-order valence-electron chi connectivity index (χ3n) is 5.64. The molecule has 160 valence electrons. The second kappa shape index (κ2) is 7.81. The first-order valence-corrected chi connectivity index (χ1v) is 10.2. The van der Waals surface area contributed by atoms with E-state index in [0.717, 1.165) is 10.8 Å². The normalized spacial score (nSPS) is 13.1. The Morgan fingerprint density at radius 1 is 1.00 bits per heavy atom. The Labute approximate surface area is 183 Å². The summed E-state index contributed by atoms with van der Waals surface area (Å²) in [6.07, 6.45) is 0. The van der Waals surface area contributed by atoms with E-state index in [2.05, 4.69) is 10.4 Å². The van der Waals surface area contributed by atoms with Gasteiger partial charge in [-0.1, -0.05) is 48.5 Å². The van der Waals surface area contributed by atoms with Crippen LogP contribution in [0.5, 0.6) is 0 Å². The van der Waals surface area contributed by atoms with Crippen LogP contribution in [0, 0.1) is 5.82 Å². The smallest absolute Gasteiger partial charge is 0.322 e. The van der Waals surface area contributed by atoms with Crippen molar-refractivity contribution in [3.05, 3.63) is 83.8 Å². The van der Waals surface area contributed by atoms with Gasteiger partial charge in [0, 0.05) is 17.5 Å². The molecule has 7 nitrogen and oxygen atoms in total. The molecule has 0 radical (unpaired) electrons. The highest BCUT2D eigenvalue weighted by Crippen LogP contribution is 2.29. The summed E-state index contributed by atoms with van der Waals surface area (Å²) < 4.78 is 15.4. The maximum Gasteiger partial charge on any atom is 0.322 e. The SMILES string of the molecule is NC(=O)c1c(-c2cccc(F)c2)nn2c1CN(C(=O)Nc1cccc3ccccc13)CC2. The maximum atomic E-state index is 13.7. The number of primary amides is 1. The third kappa shape index (κ3) is 3.45. The Balaban J connectivity index is 1.45. The summed E-state index contributed by atoms with van der Waals surface area (Å²) in [4.78, 5) is 26.9. The van der Waals surface area contributed by atoms with Gasteiger partial charge in [-0.15, -0.1) is 0 Å². The molecule has 3 N–H and O–H groups in total. The first kappa shape index (κ1) is 19.7. The minimum absolute atomic E-state index is 0.164. The molecule has 0 aliphatic carbocycles. The Morgan fingerprint density at radius 3 is 2.59 bits per heavy atom. The summed E-state index contributed by atoms with van der Waals surface area (Å²) in [7, 11) is 0. The zero-order valence-corrected chi connectivity index (χ0v) is 17.1. The fourth-order valence-electron chi connectivity index (χ4n) is 4.12.